The average molecular weight is 508 g/mol. The second-order valence-electron chi connectivity index (χ2n) is 9.16. The molecule has 2 fully saturated rings. The summed E-state index contributed by atoms with van der Waals surface area (Å²) in [6, 6.07) is 0. The number of carbonyl (C=O) groups is 2. The summed E-state index contributed by atoms with van der Waals surface area (Å²) < 4.78 is 5.75. The molecule has 0 aromatic carbocycles. The fourth-order valence-corrected chi connectivity index (χ4v) is 5.57. The zero-order valence-electron chi connectivity index (χ0n) is 21.8. The lowest BCUT2D eigenvalue weighted by atomic mass is 9.95. The molecule has 2 atom stereocenters. The number of carbonyl (C=O) groups excluding carboxylic acids is 2. The van der Waals surface area contributed by atoms with E-state index >= 15 is 0 Å². The SMILES string of the molecule is C=C\C=C/C(=C(\C)CCC)C(=C\C)/c1csc(/C(C)=C/C(=C\NC=O)C(=O)N2CC3CCOC3C2)n1. The Morgan fingerprint density at radius 3 is 2.83 bits per heavy atom. The van der Waals surface area contributed by atoms with E-state index in [-0.39, 0.29) is 12.0 Å². The highest BCUT2D eigenvalue weighted by Gasteiger charge is 2.39. The Labute approximate surface area is 218 Å². The molecule has 0 saturated carbocycles. The van der Waals surface area contributed by atoms with Gasteiger partial charge in [-0.2, -0.15) is 0 Å². The monoisotopic (exact) mass is 507 g/mol. The highest BCUT2D eigenvalue weighted by Crippen LogP contribution is 2.33. The maximum Gasteiger partial charge on any atom is 0.255 e. The van der Waals surface area contributed by atoms with Crippen LogP contribution in [0.1, 0.15) is 57.7 Å². The highest BCUT2D eigenvalue weighted by atomic mass is 32.1. The number of hydrogen-bond donors (Lipinski definition) is 1. The third-order valence-corrected chi connectivity index (χ3v) is 7.57. The largest absolute Gasteiger partial charge is 0.376 e. The van der Waals surface area contributed by atoms with Crippen molar-refractivity contribution in [3.63, 3.8) is 0 Å². The molecule has 36 heavy (non-hydrogen) atoms. The Bertz CT molecular complexity index is 1110. The summed E-state index contributed by atoms with van der Waals surface area (Å²) in [7, 11) is 0. The van der Waals surface area contributed by atoms with Gasteiger partial charge in [0.2, 0.25) is 6.41 Å². The maximum absolute atomic E-state index is 13.3. The van der Waals surface area contributed by atoms with Crippen LogP contribution in [0.2, 0.25) is 0 Å². The maximum atomic E-state index is 13.3. The molecule has 6 nitrogen and oxygen atoms in total. The van der Waals surface area contributed by atoms with Gasteiger partial charge in [-0.05, 0) is 50.8 Å². The van der Waals surface area contributed by atoms with Gasteiger partial charge in [0.15, 0.2) is 0 Å². The van der Waals surface area contributed by atoms with E-state index in [9.17, 15) is 9.59 Å². The fourth-order valence-electron chi connectivity index (χ4n) is 4.77. The van der Waals surface area contributed by atoms with Crippen LogP contribution in [0.15, 0.2) is 65.3 Å². The standard InChI is InChI=1S/C29H37N3O3S/c1-6-9-11-25(20(4)10-7-2)24(8-3)26-18-36-28(31-26)21(5)14-23(15-30-19-33)29(34)32-16-22-12-13-35-27(22)17-32/h6,8-9,11,14-15,18-19,22,27H,1,7,10,12-13,16-17H2,2-5H3,(H,30,33)/b11-9-,21-14+,23-15+,24-8+,25-20-. The van der Waals surface area contributed by atoms with Crippen molar-refractivity contribution in [1.29, 1.82) is 0 Å². The van der Waals surface area contributed by atoms with Crippen LogP contribution < -0.4 is 5.32 Å². The van der Waals surface area contributed by atoms with Crippen LogP contribution in [-0.2, 0) is 14.3 Å². The number of likely N-dealkylation sites (tertiary alicyclic amines) is 1. The van der Waals surface area contributed by atoms with Gasteiger partial charge >= 0.3 is 0 Å². The molecule has 1 N–H and O–H groups in total. The number of rotatable bonds is 11. The molecule has 2 amide bonds. The molecule has 192 valence electrons. The molecule has 3 heterocycles. The molecule has 0 bridgehead atoms. The number of fused-ring (bicyclic) bond motifs is 1. The van der Waals surface area contributed by atoms with Crippen molar-refractivity contribution in [2.45, 2.75) is 53.1 Å². The lowest BCUT2D eigenvalue weighted by molar-refractivity contribution is -0.126. The van der Waals surface area contributed by atoms with E-state index in [1.54, 1.807) is 17.4 Å². The number of aromatic nitrogens is 1. The predicted octanol–water partition coefficient (Wildman–Crippen LogP) is 5.69. The molecule has 1 aromatic heterocycles. The summed E-state index contributed by atoms with van der Waals surface area (Å²) in [5, 5.41) is 5.42. The van der Waals surface area contributed by atoms with Gasteiger partial charge in [0, 0.05) is 42.8 Å². The van der Waals surface area contributed by atoms with Gasteiger partial charge in [-0.25, -0.2) is 4.98 Å². The third-order valence-electron chi connectivity index (χ3n) is 6.59. The fraction of sp³-hybridized carbons (Fsp3) is 0.414. The first-order valence-electron chi connectivity index (χ1n) is 12.5. The molecule has 3 rings (SSSR count). The van der Waals surface area contributed by atoms with Crippen molar-refractivity contribution < 1.29 is 14.3 Å². The molecule has 2 saturated heterocycles. The number of ether oxygens (including phenoxy) is 1. The van der Waals surface area contributed by atoms with Crippen molar-refractivity contribution >= 4 is 34.8 Å². The summed E-state index contributed by atoms with van der Waals surface area (Å²) in [4.78, 5) is 31.0. The van der Waals surface area contributed by atoms with Crippen LogP contribution in [0.25, 0.3) is 11.1 Å². The van der Waals surface area contributed by atoms with Gasteiger partial charge in [-0.3, -0.25) is 9.59 Å². The minimum Gasteiger partial charge on any atom is -0.376 e. The molecule has 2 unspecified atom stereocenters. The molecule has 2 aliphatic rings. The van der Waals surface area contributed by atoms with Gasteiger partial charge in [-0.15, -0.1) is 11.3 Å². The Balaban J connectivity index is 1.87. The lowest BCUT2D eigenvalue weighted by Crippen LogP contribution is -2.32. The topological polar surface area (TPSA) is 71.5 Å². The highest BCUT2D eigenvalue weighted by molar-refractivity contribution is 7.10. The molecule has 0 aliphatic carbocycles. The van der Waals surface area contributed by atoms with Crippen LogP contribution in [-0.4, -0.2) is 48.0 Å². The molecule has 0 spiro atoms. The minimum atomic E-state index is -0.109. The Morgan fingerprint density at radius 1 is 1.36 bits per heavy atom. The van der Waals surface area contributed by atoms with Gasteiger partial charge < -0.3 is 15.0 Å². The molecule has 0 radical (unpaired) electrons. The van der Waals surface area contributed by atoms with Crippen LogP contribution in [0.3, 0.4) is 0 Å². The summed E-state index contributed by atoms with van der Waals surface area (Å²) >= 11 is 1.54. The zero-order chi connectivity index (χ0) is 26.1. The first-order valence-corrected chi connectivity index (χ1v) is 13.4. The van der Waals surface area contributed by atoms with Crippen LogP contribution >= 0.6 is 11.3 Å². The number of thiazole rings is 1. The zero-order valence-corrected chi connectivity index (χ0v) is 22.6. The van der Waals surface area contributed by atoms with E-state index in [4.69, 9.17) is 9.72 Å². The van der Waals surface area contributed by atoms with Gasteiger partial charge in [0.05, 0.1) is 17.4 Å². The van der Waals surface area contributed by atoms with Gasteiger partial charge in [0.1, 0.15) is 5.01 Å². The first kappa shape index (κ1) is 27.6. The predicted molar refractivity (Wildman–Crippen MR) is 148 cm³/mol. The van der Waals surface area contributed by atoms with Crippen LogP contribution in [0, 0.1) is 5.92 Å². The smallest absolute Gasteiger partial charge is 0.255 e. The van der Waals surface area contributed by atoms with Crippen molar-refractivity contribution in [1.82, 2.24) is 15.2 Å². The Kier molecular flexibility index (Phi) is 10.2. The first-order chi connectivity index (χ1) is 17.4. The molecular weight excluding hydrogens is 470 g/mol. The van der Waals surface area contributed by atoms with E-state index in [2.05, 4.69) is 43.3 Å². The van der Waals surface area contributed by atoms with E-state index < -0.39 is 0 Å². The van der Waals surface area contributed by atoms with Crippen molar-refractivity contribution in [2.24, 2.45) is 5.92 Å². The number of amides is 2. The summed E-state index contributed by atoms with van der Waals surface area (Å²) in [6.07, 6.45) is 14.9. The normalized spacial score (nSPS) is 21.6. The summed E-state index contributed by atoms with van der Waals surface area (Å²) in [5.74, 6) is 0.288. The van der Waals surface area contributed by atoms with Crippen molar-refractivity contribution in [3.8, 4) is 0 Å². The van der Waals surface area contributed by atoms with Crippen LogP contribution in [0.5, 0.6) is 0 Å². The number of allylic oxidation sites excluding steroid dienone is 8. The van der Waals surface area contributed by atoms with Crippen LogP contribution in [0.4, 0.5) is 0 Å². The lowest BCUT2D eigenvalue weighted by Gasteiger charge is -2.18. The second kappa shape index (κ2) is 13.3. The van der Waals surface area contributed by atoms with E-state index in [0.29, 0.717) is 31.0 Å². The number of hydrogen-bond acceptors (Lipinski definition) is 5. The Morgan fingerprint density at radius 2 is 2.17 bits per heavy atom. The van der Waals surface area contributed by atoms with Crippen molar-refractivity contribution in [2.75, 3.05) is 19.7 Å². The van der Waals surface area contributed by atoms with E-state index in [1.807, 2.05) is 30.9 Å². The minimum absolute atomic E-state index is 0.109. The van der Waals surface area contributed by atoms with E-state index in [1.165, 1.54) is 11.8 Å². The number of nitrogens with zero attached hydrogens (tertiary/aromatic N) is 2. The summed E-state index contributed by atoms with van der Waals surface area (Å²) in [6.45, 7) is 14.2. The molecular formula is C29H37N3O3S. The average Bonchev–Trinajstić information content (AvgIpc) is 3.60. The molecule has 7 heteroatoms. The van der Waals surface area contributed by atoms with Gasteiger partial charge in [0.25, 0.3) is 5.91 Å². The quantitative estimate of drug-likeness (QED) is 0.237. The molecule has 1 aromatic rings. The van der Waals surface area contributed by atoms with Gasteiger partial charge in [-0.1, -0.05) is 49.8 Å². The summed E-state index contributed by atoms with van der Waals surface area (Å²) in [5.41, 5.74) is 5.73. The van der Waals surface area contributed by atoms with E-state index in [0.717, 1.165) is 53.3 Å². The third kappa shape index (κ3) is 6.59. The Hall–Kier alpha value is -3.03. The number of nitrogens with one attached hydrogen (secondary N) is 1. The molecule has 2 aliphatic heterocycles. The van der Waals surface area contributed by atoms with Crippen molar-refractivity contribution in [3.05, 3.63) is 76.0 Å². The second-order valence-corrected chi connectivity index (χ2v) is 10.0.